The fourth-order valence-corrected chi connectivity index (χ4v) is 2.16. The third-order valence-corrected chi connectivity index (χ3v) is 3.01. The topological polar surface area (TPSA) is 49.9 Å². The number of aromatic nitrogens is 1. The van der Waals surface area contributed by atoms with Crippen molar-refractivity contribution in [1.82, 2.24) is 4.98 Å². The summed E-state index contributed by atoms with van der Waals surface area (Å²) in [6.07, 6.45) is 1.03. The first-order valence-corrected chi connectivity index (χ1v) is 5.86. The van der Waals surface area contributed by atoms with Crippen molar-refractivity contribution in [3.05, 3.63) is 45.2 Å². The maximum Gasteiger partial charge on any atom is 0.260 e. The summed E-state index contributed by atoms with van der Waals surface area (Å²) < 4.78 is 0. The fourth-order valence-electron chi connectivity index (χ4n) is 1.80. The van der Waals surface area contributed by atoms with Gasteiger partial charge >= 0.3 is 0 Å². The van der Waals surface area contributed by atoms with Crippen LogP contribution in [-0.2, 0) is 0 Å². The Hall–Kier alpha value is -1.61. The number of carbonyl (C=O) groups is 1. The van der Waals surface area contributed by atoms with Gasteiger partial charge in [0, 0.05) is 17.3 Å². The molecule has 88 valence electrons. The van der Waals surface area contributed by atoms with Gasteiger partial charge in [-0.05, 0) is 12.5 Å². The summed E-state index contributed by atoms with van der Waals surface area (Å²) in [5.74, 6) is -0.204. The third kappa shape index (κ3) is 2.11. The van der Waals surface area contributed by atoms with Crippen LogP contribution in [0.25, 0.3) is 10.9 Å². The molecule has 0 bridgehead atoms. The quantitative estimate of drug-likeness (QED) is 0.850. The van der Waals surface area contributed by atoms with Crippen molar-refractivity contribution in [2.24, 2.45) is 0 Å². The van der Waals surface area contributed by atoms with Gasteiger partial charge in [0.05, 0.1) is 5.02 Å². The molecule has 2 aromatic rings. The van der Waals surface area contributed by atoms with Gasteiger partial charge in [-0.3, -0.25) is 9.59 Å². The Kier molecular flexibility index (Phi) is 3.29. The van der Waals surface area contributed by atoms with Crippen molar-refractivity contribution < 1.29 is 4.79 Å². The zero-order valence-electron chi connectivity index (χ0n) is 9.42. The highest BCUT2D eigenvalue weighted by molar-refractivity contribution is 6.38. The van der Waals surface area contributed by atoms with Gasteiger partial charge in [0.1, 0.15) is 5.56 Å². The summed E-state index contributed by atoms with van der Waals surface area (Å²) in [5.41, 5.74) is 0.315. The molecule has 3 nitrogen and oxygen atoms in total. The average molecular weight is 250 g/mol. The number of Topliss-reactive ketones (excluding diaryl/α,β-unsaturated/α-hetero) is 1. The van der Waals surface area contributed by atoms with Gasteiger partial charge in [-0.15, -0.1) is 0 Å². The van der Waals surface area contributed by atoms with Crippen molar-refractivity contribution in [2.75, 3.05) is 0 Å². The number of nitrogens with one attached hydrogen (secondary N) is 1. The van der Waals surface area contributed by atoms with Crippen LogP contribution in [0.15, 0.2) is 29.1 Å². The van der Waals surface area contributed by atoms with Crippen molar-refractivity contribution in [2.45, 2.75) is 19.8 Å². The molecule has 0 aliphatic carbocycles. The summed E-state index contributed by atoms with van der Waals surface area (Å²) >= 11 is 6.14. The zero-order chi connectivity index (χ0) is 12.4. The highest BCUT2D eigenvalue weighted by Crippen LogP contribution is 2.24. The lowest BCUT2D eigenvalue weighted by Gasteiger charge is -2.05. The standard InChI is InChI=1S/C13H12ClNO2/c1-2-5-10(16)11-12(14)8-6-3-4-7-9(8)15-13(11)17/h3-4,6-7H,2,5H2,1H3,(H,15,17). The molecule has 0 aliphatic heterocycles. The molecule has 1 heterocycles. The maximum atomic E-state index is 11.8. The number of hydrogen-bond acceptors (Lipinski definition) is 2. The molecule has 1 aromatic heterocycles. The minimum Gasteiger partial charge on any atom is -0.321 e. The van der Waals surface area contributed by atoms with Crippen LogP contribution in [0.2, 0.25) is 5.02 Å². The van der Waals surface area contributed by atoms with Crippen LogP contribution < -0.4 is 5.56 Å². The lowest BCUT2D eigenvalue weighted by Crippen LogP contribution is -2.18. The third-order valence-electron chi connectivity index (χ3n) is 2.61. The predicted molar refractivity (Wildman–Crippen MR) is 68.8 cm³/mol. The van der Waals surface area contributed by atoms with E-state index in [0.717, 1.165) is 0 Å². The first-order valence-electron chi connectivity index (χ1n) is 5.49. The van der Waals surface area contributed by atoms with E-state index in [2.05, 4.69) is 4.98 Å². The van der Waals surface area contributed by atoms with E-state index in [1.54, 1.807) is 12.1 Å². The Labute approximate surface area is 103 Å². The van der Waals surface area contributed by atoms with E-state index >= 15 is 0 Å². The fraction of sp³-hybridized carbons (Fsp3) is 0.231. The second-order valence-electron chi connectivity index (χ2n) is 3.86. The van der Waals surface area contributed by atoms with Gasteiger partial charge < -0.3 is 4.98 Å². The van der Waals surface area contributed by atoms with E-state index in [4.69, 9.17) is 11.6 Å². The molecular weight excluding hydrogens is 238 g/mol. The molecule has 0 amide bonds. The molecule has 0 radical (unpaired) electrons. The van der Waals surface area contributed by atoms with E-state index in [0.29, 0.717) is 23.7 Å². The van der Waals surface area contributed by atoms with Crippen molar-refractivity contribution >= 4 is 28.3 Å². The Bertz CT molecular complexity index is 631. The minimum absolute atomic E-state index is 0.0761. The largest absolute Gasteiger partial charge is 0.321 e. The van der Waals surface area contributed by atoms with Crippen LogP contribution in [0, 0.1) is 0 Å². The van der Waals surface area contributed by atoms with Crippen molar-refractivity contribution in [3.8, 4) is 0 Å². The Morgan fingerprint density at radius 1 is 1.35 bits per heavy atom. The van der Waals surface area contributed by atoms with E-state index in [1.165, 1.54) is 0 Å². The normalized spacial score (nSPS) is 10.7. The van der Waals surface area contributed by atoms with Gasteiger partial charge in [0.2, 0.25) is 0 Å². The minimum atomic E-state index is -0.410. The molecule has 0 aliphatic rings. The van der Waals surface area contributed by atoms with Gasteiger partial charge in [0.15, 0.2) is 5.78 Å². The highest BCUT2D eigenvalue weighted by atomic mass is 35.5. The molecule has 0 fully saturated rings. The van der Waals surface area contributed by atoms with Crippen molar-refractivity contribution in [3.63, 3.8) is 0 Å². The van der Waals surface area contributed by atoms with Crippen LogP contribution in [0.4, 0.5) is 0 Å². The molecule has 1 N–H and O–H groups in total. The van der Waals surface area contributed by atoms with Crippen LogP contribution >= 0.6 is 11.6 Å². The zero-order valence-corrected chi connectivity index (χ0v) is 10.2. The van der Waals surface area contributed by atoms with E-state index in [1.807, 2.05) is 19.1 Å². The van der Waals surface area contributed by atoms with Gasteiger partial charge in [-0.1, -0.05) is 36.7 Å². The Morgan fingerprint density at radius 2 is 2.06 bits per heavy atom. The number of para-hydroxylation sites is 1. The molecule has 0 unspecified atom stereocenters. The number of rotatable bonds is 3. The number of H-pyrrole nitrogens is 1. The number of halogens is 1. The second-order valence-corrected chi connectivity index (χ2v) is 4.24. The average Bonchev–Trinajstić information content (AvgIpc) is 2.29. The number of pyridine rings is 1. The van der Waals surface area contributed by atoms with Crippen LogP contribution in [0.3, 0.4) is 0 Å². The molecule has 0 saturated heterocycles. The van der Waals surface area contributed by atoms with Crippen molar-refractivity contribution in [1.29, 1.82) is 0 Å². The highest BCUT2D eigenvalue weighted by Gasteiger charge is 2.16. The number of aromatic amines is 1. The number of benzene rings is 1. The van der Waals surface area contributed by atoms with Gasteiger partial charge in [0.25, 0.3) is 5.56 Å². The lowest BCUT2D eigenvalue weighted by molar-refractivity contribution is 0.0980. The molecule has 17 heavy (non-hydrogen) atoms. The molecule has 0 spiro atoms. The summed E-state index contributed by atoms with van der Waals surface area (Å²) in [5, 5.41) is 0.955. The van der Waals surface area contributed by atoms with Crippen LogP contribution in [0.5, 0.6) is 0 Å². The number of carbonyl (C=O) groups excluding carboxylic acids is 1. The van der Waals surface area contributed by atoms with Gasteiger partial charge in [-0.2, -0.15) is 0 Å². The van der Waals surface area contributed by atoms with Crippen LogP contribution in [0.1, 0.15) is 30.1 Å². The summed E-state index contributed by atoms with van der Waals surface area (Å²) in [4.78, 5) is 26.3. The monoisotopic (exact) mass is 249 g/mol. The predicted octanol–water partition coefficient (Wildman–Crippen LogP) is 3.16. The lowest BCUT2D eigenvalue weighted by atomic mass is 10.1. The molecular formula is C13H12ClNO2. The molecule has 0 saturated carbocycles. The van der Waals surface area contributed by atoms with E-state index in [9.17, 15) is 9.59 Å². The molecule has 0 atom stereocenters. The van der Waals surface area contributed by atoms with E-state index < -0.39 is 5.56 Å². The molecule has 1 aromatic carbocycles. The summed E-state index contributed by atoms with van der Waals surface area (Å²) in [6.45, 7) is 1.89. The SMILES string of the molecule is CCCC(=O)c1c(Cl)c2ccccc2[nH]c1=O. The van der Waals surface area contributed by atoms with E-state index in [-0.39, 0.29) is 16.4 Å². The number of ketones is 1. The number of hydrogen-bond donors (Lipinski definition) is 1. The molecule has 4 heteroatoms. The first kappa shape index (κ1) is 11.9. The first-order chi connectivity index (χ1) is 8.15. The molecule has 2 rings (SSSR count). The Morgan fingerprint density at radius 3 is 2.76 bits per heavy atom. The maximum absolute atomic E-state index is 11.8. The number of fused-ring (bicyclic) bond motifs is 1. The smallest absolute Gasteiger partial charge is 0.260 e. The summed E-state index contributed by atoms with van der Waals surface area (Å²) in [6, 6.07) is 7.18. The van der Waals surface area contributed by atoms with Crippen LogP contribution in [-0.4, -0.2) is 10.8 Å². The second kappa shape index (κ2) is 4.72. The Balaban J connectivity index is 2.72. The summed E-state index contributed by atoms with van der Waals surface area (Å²) in [7, 11) is 0. The van der Waals surface area contributed by atoms with Gasteiger partial charge in [-0.25, -0.2) is 0 Å².